The summed E-state index contributed by atoms with van der Waals surface area (Å²) in [5.41, 5.74) is 1.97. The first-order valence-corrected chi connectivity index (χ1v) is 3.58. The van der Waals surface area contributed by atoms with Gasteiger partial charge in [-0.1, -0.05) is 37.5 Å². The molecule has 0 heterocycles. The van der Waals surface area contributed by atoms with Crippen LogP contribution in [0.2, 0.25) is 0 Å². The van der Waals surface area contributed by atoms with Gasteiger partial charge in [0.1, 0.15) is 0 Å². The summed E-state index contributed by atoms with van der Waals surface area (Å²) in [5, 5.41) is 2.97. The van der Waals surface area contributed by atoms with Crippen molar-refractivity contribution in [2.45, 2.75) is 6.92 Å². The van der Waals surface area contributed by atoms with Crippen molar-refractivity contribution in [1.29, 1.82) is 0 Å². The second-order valence-electron chi connectivity index (χ2n) is 2.09. The Morgan fingerprint density at radius 2 is 2.09 bits per heavy atom. The zero-order valence-corrected chi connectivity index (χ0v) is 7.22. The summed E-state index contributed by atoms with van der Waals surface area (Å²) in [7, 11) is 1.85. The SMILES string of the molecule is C=C/C=C(\C=C/C)C(=C)NC. The number of hydrogen-bond acceptors (Lipinski definition) is 1. The normalized spacial score (nSPS) is 11.6. The van der Waals surface area contributed by atoms with Crippen molar-refractivity contribution in [3.63, 3.8) is 0 Å². The van der Waals surface area contributed by atoms with Gasteiger partial charge < -0.3 is 5.32 Å². The number of nitrogens with one attached hydrogen (secondary N) is 1. The molecule has 0 spiro atoms. The fourth-order valence-corrected chi connectivity index (χ4v) is 0.708. The second kappa shape index (κ2) is 5.54. The Morgan fingerprint density at radius 1 is 1.45 bits per heavy atom. The minimum Gasteiger partial charge on any atom is -0.388 e. The average molecular weight is 149 g/mol. The van der Waals surface area contributed by atoms with Crippen LogP contribution in [0.15, 0.2) is 48.7 Å². The van der Waals surface area contributed by atoms with Crippen molar-refractivity contribution >= 4 is 0 Å². The van der Waals surface area contributed by atoms with E-state index in [0.717, 1.165) is 11.3 Å². The van der Waals surface area contributed by atoms with Crippen molar-refractivity contribution in [3.8, 4) is 0 Å². The molecule has 0 bridgehead atoms. The van der Waals surface area contributed by atoms with Crippen molar-refractivity contribution < 1.29 is 0 Å². The molecular weight excluding hydrogens is 134 g/mol. The highest BCUT2D eigenvalue weighted by Crippen LogP contribution is 2.05. The first-order chi connectivity index (χ1) is 5.26. The zero-order chi connectivity index (χ0) is 8.69. The van der Waals surface area contributed by atoms with Crippen LogP contribution in [-0.4, -0.2) is 7.05 Å². The molecule has 1 N–H and O–H groups in total. The van der Waals surface area contributed by atoms with Crippen molar-refractivity contribution in [1.82, 2.24) is 5.32 Å². The van der Waals surface area contributed by atoms with E-state index in [0.29, 0.717) is 0 Å². The third-order valence-corrected chi connectivity index (χ3v) is 1.29. The Labute approximate surface area is 68.8 Å². The lowest BCUT2D eigenvalue weighted by molar-refractivity contribution is 1.02. The standard InChI is InChI=1S/C10H15N/c1-5-7-10(8-6-2)9(3)11-4/h5-8,11H,1,3H2,2,4H3/b8-6-,10-7+. The van der Waals surface area contributed by atoms with Gasteiger partial charge in [-0.3, -0.25) is 0 Å². The predicted octanol–water partition coefficient (Wildman–Crippen LogP) is 2.41. The van der Waals surface area contributed by atoms with Crippen LogP contribution in [0.1, 0.15) is 6.92 Å². The van der Waals surface area contributed by atoms with E-state index in [-0.39, 0.29) is 0 Å². The molecule has 0 aromatic carbocycles. The van der Waals surface area contributed by atoms with E-state index >= 15 is 0 Å². The maximum Gasteiger partial charge on any atom is 0.0338 e. The molecule has 0 aliphatic rings. The zero-order valence-electron chi connectivity index (χ0n) is 7.22. The third-order valence-electron chi connectivity index (χ3n) is 1.29. The van der Waals surface area contributed by atoms with Gasteiger partial charge in [-0.05, 0) is 12.5 Å². The van der Waals surface area contributed by atoms with Gasteiger partial charge in [-0.2, -0.15) is 0 Å². The van der Waals surface area contributed by atoms with Gasteiger partial charge in [-0.25, -0.2) is 0 Å². The van der Waals surface area contributed by atoms with Crippen LogP contribution in [0.5, 0.6) is 0 Å². The maximum absolute atomic E-state index is 3.83. The quantitative estimate of drug-likeness (QED) is 0.605. The Balaban J connectivity index is 4.46. The van der Waals surface area contributed by atoms with Crippen molar-refractivity contribution in [2.24, 2.45) is 0 Å². The topological polar surface area (TPSA) is 12.0 Å². The molecule has 1 nitrogen and oxygen atoms in total. The largest absolute Gasteiger partial charge is 0.388 e. The molecule has 1 heteroatoms. The van der Waals surface area contributed by atoms with Crippen molar-refractivity contribution in [3.05, 3.63) is 48.7 Å². The Kier molecular flexibility index (Phi) is 4.91. The molecule has 0 amide bonds. The predicted molar refractivity (Wildman–Crippen MR) is 51.3 cm³/mol. The molecule has 0 fully saturated rings. The first kappa shape index (κ1) is 9.76. The van der Waals surface area contributed by atoms with Crippen LogP contribution in [0.25, 0.3) is 0 Å². The van der Waals surface area contributed by atoms with E-state index in [2.05, 4.69) is 18.5 Å². The number of rotatable bonds is 4. The van der Waals surface area contributed by atoms with Crippen LogP contribution in [-0.2, 0) is 0 Å². The molecule has 0 unspecified atom stereocenters. The Morgan fingerprint density at radius 3 is 2.45 bits per heavy atom. The Hall–Kier alpha value is -1.24. The van der Waals surface area contributed by atoms with E-state index in [1.54, 1.807) is 6.08 Å². The highest BCUT2D eigenvalue weighted by Gasteiger charge is 1.92. The van der Waals surface area contributed by atoms with Crippen LogP contribution in [0.4, 0.5) is 0 Å². The summed E-state index contributed by atoms with van der Waals surface area (Å²) in [6, 6.07) is 0. The molecule has 0 saturated carbocycles. The van der Waals surface area contributed by atoms with Crippen LogP contribution in [0.3, 0.4) is 0 Å². The van der Waals surface area contributed by atoms with Gasteiger partial charge in [-0.15, -0.1) is 0 Å². The summed E-state index contributed by atoms with van der Waals surface area (Å²) in [4.78, 5) is 0. The molecule has 0 aliphatic heterocycles. The van der Waals surface area contributed by atoms with Gasteiger partial charge in [0.15, 0.2) is 0 Å². The molecule has 0 rings (SSSR count). The fraction of sp³-hybridized carbons (Fsp3) is 0.200. The summed E-state index contributed by atoms with van der Waals surface area (Å²) in [5.74, 6) is 0. The lowest BCUT2D eigenvalue weighted by Gasteiger charge is -2.03. The molecule has 0 aliphatic carbocycles. The average Bonchev–Trinajstić information content (AvgIpc) is 2.03. The summed E-state index contributed by atoms with van der Waals surface area (Å²) in [6.07, 6.45) is 7.62. The van der Waals surface area contributed by atoms with E-state index in [1.165, 1.54) is 0 Å². The first-order valence-electron chi connectivity index (χ1n) is 3.58. The van der Waals surface area contributed by atoms with Crippen molar-refractivity contribution in [2.75, 3.05) is 7.05 Å². The molecule has 60 valence electrons. The highest BCUT2D eigenvalue weighted by molar-refractivity contribution is 5.38. The molecule has 0 radical (unpaired) electrons. The van der Waals surface area contributed by atoms with Gasteiger partial charge in [0.2, 0.25) is 0 Å². The van der Waals surface area contributed by atoms with Gasteiger partial charge >= 0.3 is 0 Å². The minimum atomic E-state index is 0.906. The fourth-order valence-electron chi connectivity index (χ4n) is 0.708. The minimum absolute atomic E-state index is 0.906. The summed E-state index contributed by atoms with van der Waals surface area (Å²) < 4.78 is 0. The summed E-state index contributed by atoms with van der Waals surface area (Å²) in [6.45, 7) is 9.42. The van der Waals surface area contributed by atoms with E-state index in [4.69, 9.17) is 0 Å². The van der Waals surface area contributed by atoms with Crippen LogP contribution in [0, 0.1) is 0 Å². The van der Waals surface area contributed by atoms with E-state index in [1.807, 2.05) is 32.2 Å². The smallest absolute Gasteiger partial charge is 0.0338 e. The molecule has 0 aromatic rings. The Bertz CT molecular complexity index is 197. The van der Waals surface area contributed by atoms with Crippen LogP contribution < -0.4 is 5.32 Å². The number of hydrogen-bond donors (Lipinski definition) is 1. The molecule has 0 saturated heterocycles. The van der Waals surface area contributed by atoms with Gasteiger partial charge in [0.25, 0.3) is 0 Å². The third kappa shape index (κ3) is 3.46. The van der Waals surface area contributed by atoms with Crippen LogP contribution >= 0.6 is 0 Å². The van der Waals surface area contributed by atoms with E-state index in [9.17, 15) is 0 Å². The van der Waals surface area contributed by atoms with Gasteiger partial charge in [0.05, 0.1) is 0 Å². The number of allylic oxidation sites excluding steroid dienone is 4. The monoisotopic (exact) mass is 149 g/mol. The molecule has 0 aromatic heterocycles. The molecule has 11 heavy (non-hydrogen) atoms. The molecular formula is C10H15N. The summed E-state index contributed by atoms with van der Waals surface area (Å²) >= 11 is 0. The lowest BCUT2D eigenvalue weighted by atomic mass is 10.2. The van der Waals surface area contributed by atoms with E-state index < -0.39 is 0 Å². The lowest BCUT2D eigenvalue weighted by Crippen LogP contribution is -2.05. The second-order valence-corrected chi connectivity index (χ2v) is 2.09. The molecule has 0 atom stereocenters. The van der Waals surface area contributed by atoms with Gasteiger partial charge in [0, 0.05) is 12.7 Å². The highest BCUT2D eigenvalue weighted by atomic mass is 14.8. The maximum atomic E-state index is 3.83. The number of likely N-dealkylation sites (N-methyl/N-ethyl adjacent to an activating group) is 1.